The number of hydrogen-bond donors (Lipinski definition) is 1. The third-order valence-corrected chi connectivity index (χ3v) is 3.53. The summed E-state index contributed by atoms with van der Waals surface area (Å²) in [5.74, 6) is 0. The van der Waals surface area contributed by atoms with Crippen LogP contribution in [-0.2, 0) is 0 Å². The molecule has 1 fully saturated rings. The highest BCUT2D eigenvalue weighted by Gasteiger charge is 2.27. The predicted octanol–water partition coefficient (Wildman–Crippen LogP) is 1.36. The Balaban J connectivity index is 2.13. The van der Waals surface area contributed by atoms with Gasteiger partial charge in [0.05, 0.1) is 12.1 Å². The van der Waals surface area contributed by atoms with Gasteiger partial charge in [0.2, 0.25) is 0 Å². The number of hydrogen-bond acceptors (Lipinski definition) is 3. The van der Waals surface area contributed by atoms with E-state index in [1.54, 1.807) is 0 Å². The number of rotatable bonds is 3. The van der Waals surface area contributed by atoms with Gasteiger partial charge in [-0.3, -0.25) is 4.90 Å². The van der Waals surface area contributed by atoms with Crippen LogP contribution in [0, 0.1) is 0 Å². The molecule has 0 bridgehead atoms. The summed E-state index contributed by atoms with van der Waals surface area (Å²) < 4.78 is 0. The van der Waals surface area contributed by atoms with Crippen LogP contribution in [0.5, 0.6) is 0 Å². The van der Waals surface area contributed by atoms with Gasteiger partial charge in [-0.2, -0.15) is 0 Å². The molecule has 3 nitrogen and oxygen atoms in total. The average Bonchev–Trinajstić information content (AvgIpc) is 2.33. The van der Waals surface area contributed by atoms with Crippen LogP contribution >= 0.6 is 0 Å². The Morgan fingerprint density at radius 2 is 1.65 bits per heavy atom. The topological polar surface area (TPSA) is 26.7 Å². The molecule has 94 valence electrons. The first kappa shape index (κ1) is 12.6. The molecule has 0 saturated carbocycles. The molecule has 1 saturated heterocycles. The van der Waals surface area contributed by atoms with Gasteiger partial charge in [0.25, 0.3) is 0 Å². The van der Waals surface area contributed by atoms with E-state index in [-0.39, 0.29) is 12.1 Å². The van der Waals surface area contributed by atoms with Crippen molar-refractivity contribution in [3.05, 3.63) is 35.9 Å². The van der Waals surface area contributed by atoms with Gasteiger partial charge >= 0.3 is 0 Å². The monoisotopic (exact) mass is 234 g/mol. The van der Waals surface area contributed by atoms with Crippen LogP contribution < -0.4 is 0 Å². The zero-order chi connectivity index (χ0) is 12.3. The molecule has 17 heavy (non-hydrogen) atoms. The van der Waals surface area contributed by atoms with E-state index in [9.17, 15) is 5.11 Å². The van der Waals surface area contributed by atoms with Crippen LogP contribution in [0.25, 0.3) is 0 Å². The minimum Gasteiger partial charge on any atom is -0.391 e. The Labute approximate surface area is 104 Å². The van der Waals surface area contributed by atoms with Gasteiger partial charge in [0, 0.05) is 26.2 Å². The normalized spacial score (nSPS) is 22.3. The minimum atomic E-state index is -0.333. The molecular formula is C14H22N2O. The molecule has 2 unspecified atom stereocenters. The fourth-order valence-electron chi connectivity index (χ4n) is 2.54. The number of benzene rings is 1. The lowest BCUT2D eigenvalue weighted by Crippen LogP contribution is -2.48. The maximum absolute atomic E-state index is 10.0. The minimum absolute atomic E-state index is 0.130. The highest BCUT2D eigenvalue weighted by molar-refractivity contribution is 5.20. The lowest BCUT2D eigenvalue weighted by atomic mass is 10.00. The Bertz CT molecular complexity index is 331. The molecule has 2 rings (SSSR count). The Morgan fingerprint density at radius 1 is 1.06 bits per heavy atom. The largest absolute Gasteiger partial charge is 0.391 e. The van der Waals surface area contributed by atoms with Gasteiger partial charge in [-0.05, 0) is 19.5 Å². The van der Waals surface area contributed by atoms with Crippen molar-refractivity contribution in [3.8, 4) is 0 Å². The van der Waals surface area contributed by atoms with Crippen LogP contribution in [0.2, 0.25) is 0 Å². The molecule has 1 aliphatic rings. The summed E-state index contributed by atoms with van der Waals surface area (Å²) in [6.45, 7) is 6.10. The number of aliphatic hydroxyl groups excluding tert-OH is 1. The highest BCUT2D eigenvalue weighted by atomic mass is 16.3. The molecule has 3 heteroatoms. The molecule has 2 atom stereocenters. The van der Waals surface area contributed by atoms with E-state index in [0.717, 1.165) is 26.2 Å². The van der Waals surface area contributed by atoms with Gasteiger partial charge in [-0.15, -0.1) is 0 Å². The van der Waals surface area contributed by atoms with Gasteiger partial charge in [0.15, 0.2) is 0 Å². The van der Waals surface area contributed by atoms with Crippen molar-refractivity contribution in [2.75, 3.05) is 33.2 Å². The van der Waals surface area contributed by atoms with Crippen LogP contribution in [0.4, 0.5) is 0 Å². The zero-order valence-electron chi connectivity index (χ0n) is 10.7. The third kappa shape index (κ3) is 3.06. The summed E-state index contributed by atoms with van der Waals surface area (Å²) in [7, 11) is 2.15. The second-order valence-electron chi connectivity index (χ2n) is 4.94. The molecule has 1 aromatic rings. The number of nitrogens with zero attached hydrogens (tertiary/aromatic N) is 2. The predicted molar refractivity (Wildman–Crippen MR) is 69.9 cm³/mol. The molecule has 1 N–H and O–H groups in total. The van der Waals surface area contributed by atoms with Gasteiger partial charge < -0.3 is 10.0 Å². The Hall–Kier alpha value is -0.900. The molecular weight excluding hydrogens is 212 g/mol. The van der Waals surface area contributed by atoms with Gasteiger partial charge in [-0.25, -0.2) is 0 Å². The van der Waals surface area contributed by atoms with E-state index < -0.39 is 0 Å². The summed E-state index contributed by atoms with van der Waals surface area (Å²) in [5, 5.41) is 10.0. The summed E-state index contributed by atoms with van der Waals surface area (Å²) in [4.78, 5) is 4.72. The van der Waals surface area contributed by atoms with E-state index in [1.807, 2.05) is 25.1 Å². The van der Waals surface area contributed by atoms with Crippen molar-refractivity contribution in [1.29, 1.82) is 0 Å². The molecule has 0 amide bonds. The van der Waals surface area contributed by atoms with Gasteiger partial charge in [-0.1, -0.05) is 30.3 Å². The number of aliphatic hydroxyl groups is 1. The van der Waals surface area contributed by atoms with Crippen molar-refractivity contribution in [2.24, 2.45) is 0 Å². The summed E-state index contributed by atoms with van der Waals surface area (Å²) in [6, 6.07) is 10.4. The van der Waals surface area contributed by atoms with E-state index in [1.165, 1.54) is 5.56 Å². The SMILES string of the molecule is CC(O)C(c1ccccc1)N1CCN(C)CC1. The molecule has 1 aromatic carbocycles. The summed E-state index contributed by atoms with van der Waals surface area (Å²) in [5.41, 5.74) is 1.21. The first-order chi connectivity index (χ1) is 8.18. The molecule has 0 aliphatic carbocycles. The maximum atomic E-state index is 10.0. The summed E-state index contributed by atoms with van der Waals surface area (Å²) in [6.07, 6.45) is -0.333. The number of likely N-dealkylation sites (N-methyl/N-ethyl adjacent to an activating group) is 1. The average molecular weight is 234 g/mol. The van der Waals surface area contributed by atoms with Crippen molar-refractivity contribution < 1.29 is 5.11 Å². The highest BCUT2D eigenvalue weighted by Crippen LogP contribution is 2.25. The van der Waals surface area contributed by atoms with E-state index in [4.69, 9.17) is 0 Å². The second kappa shape index (κ2) is 5.63. The lowest BCUT2D eigenvalue weighted by Gasteiger charge is -2.39. The zero-order valence-corrected chi connectivity index (χ0v) is 10.7. The molecule has 1 aliphatic heterocycles. The third-order valence-electron chi connectivity index (χ3n) is 3.53. The van der Waals surface area contributed by atoms with E-state index in [0.29, 0.717) is 0 Å². The first-order valence-corrected chi connectivity index (χ1v) is 6.34. The van der Waals surface area contributed by atoms with Crippen LogP contribution in [0.1, 0.15) is 18.5 Å². The standard InChI is InChI=1S/C14H22N2O/c1-12(17)14(13-6-4-3-5-7-13)16-10-8-15(2)9-11-16/h3-7,12,14,17H,8-11H2,1-2H3. The van der Waals surface area contributed by atoms with Crippen LogP contribution in [0.15, 0.2) is 30.3 Å². The number of piperazine rings is 1. The molecule has 0 aromatic heterocycles. The van der Waals surface area contributed by atoms with Gasteiger partial charge in [0.1, 0.15) is 0 Å². The fourth-order valence-corrected chi connectivity index (χ4v) is 2.54. The quantitative estimate of drug-likeness (QED) is 0.855. The smallest absolute Gasteiger partial charge is 0.0708 e. The Morgan fingerprint density at radius 3 is 2.18 bits per heavy atom. The van der Waals surface area contributed by atoms with Crippen molar-refractivity contribution >= 4 is 0 Å². The molecule has 0 spiro atoms. The fraction of sp³-hybridized carbons (Fsp3) is 0.571. The maximum Gasteiger partial charge on any atom is 0.0708 e. The van der Waals surface area contributed by atoms with Crippen molar-refractivity contribution in [3.63, 3.8) is 0 Å². The van der Waals surface area contributed by atoms with E-state index >= 15 is 0 Å². The lowest BCUT2D eigenvalue weighted by molar-refractivity contribution is 0.0316. The van der Waals surface area contributed by atoms with Crippen LogP contribution in [-0.4, -0.2) is 54.2 Å². The molecule has 0 radical (unpaired) electrons. The first-order valence-electron chi connectivity index (χ1n) is 6.34. The van der Waals surface area contributed by atoms with Crippen molar-refractivity contribution in [2.45, 2.75) is 19.1 Å². The van der Waals surface area contributed by atoms with E-state index in [2.05, 4.69) is 29.0 Å². The summed E-state index contributed by atoms with van der Waals surface area (Å²) >= 11 is 0. The van der Waals surface area contributed by atoms with Crippen molar-refractivity contribution in [1.82, 2.24) is 9.80 Å². The second-order valence-corrected chi connectivity index (χ2v) is 4.94. The Kier molecular flexibility index (Phi) is 4.15. The van der Waals surface area contributed by atoms with Crippen LogP contribution in [0.3, 0.4) is 0 Å². The molecule has 1 heterocycles.